The zero-order chi connectivity index (χ0) is 14.0. The van der Waals surface area contributed by atoms with Gasteiger partial charge < -0.3 is 14.5 Å². The van der Waals surface area contributed by atoms with Gasteiger partial charge in [0.05, 0.1) is 12.6 Å². The molecule has 1 aromatic rings. The molecule has 0 spiro atoms. The van der Waals surface area contributed by atoms with E-state index in [-0.39, 0.29) is 11.0 Å². The van der Waals surface area contributed by atoms with Gasteiger partial charge in [0.25, 0.3) is 0 Å². The lowest BCUT2D eigenvalue weighted by Gasteiger charge is -2.15. The maximum atomic E-state index is 12.5. The number of furan rings is 1. The van der Waals surface area contributed by atoms with Gasteiger partial charge in [0.2, 0.25) is 10.0 Å². The van der Waals surface area contributed by atoms with Gasteiger partial charge in [-0.15, -0.1) is 0 Å². The average Bonchev–Trinajstić information content (AvgIpc) is 2.96. The highest BCUT2D eigenvalue weighted by Crippen LogP contribution is 2.27. The molecule has 0 radical (unpaired) electrons. The minimum absolute atomic E-state index is 0.0150. The number of ether oxygens (including phenoxy) is 1. The van der Waals surface area contributed by atoms with Crippen LogP contribution in [0.5, 0.6) is 0 Å². The van der Waals surface area contributed by atoms with Gasteiger partial charge in [-0.25, -0.2) is 8.42 Å². The first-order chi connectivity index (χ1) is 8.98. The smallest absolute Gasteiger partial charge is 0.246 e. The van der Waals surface area contributed by atoms with Crippen LogP contribution in [0.2, 0.25) is 0 Å². The van der Waals surface area contributed by atoms with Crippen LogP contribution in [0.15, 0.2) is 15.4 Å². The van der Waals surface area contributed by atoms with E-state index in [0.29, 0.717) is 31.2 Å². The third-order valence-corrected chi connectivity index (χ3v) is 5.31. The number of methoxy groups -OCH3 is 1. The fourth-order valence-electron chi connectivity index (χ4n) is 2.29. The zero-order valence-corrected chi connectivity index (χ0v) is 12.3. The van der Waals surface area contributed by atoms with Crippen LogP contribution in [-0.2, 0) is 21.3 Å². The van der Waals surface area contributed by atoms with Gasteiger partial charge in [-0.05, 0) is 20.4 Å². The lowest BCUT2D eigenvalue weighted by atomic mass is 10.3. The fourth-order valence-corrected chi connectivity index (χ4v) is 3.96. The summed E-state index contributed by atoms with van der Waals surface area (Å²) in [6.07, 6.45) is 0.717. The highest BCUT2D eigenvalue weighted by molar-refractivity contribution is 7.89. The van der Waals surface area contributed by atoms with Crippen molar-refractivity contribution in [2.75, 3.05) is 27.2 Å². The van der Waals surface area contributed by atoms with Crippen LogP contribution in [-0.4, -0.2) is 46.1 Å². The van der Waals surface area contributed by atoms with E-state index in [2.05, 4.69) is 5.32 Å². The van der Waals surface area contributed by atoms with Gasteiger partial charge in [-0.3, -0.25) is 0 Å². The second-order valence-electron chi connectivity index (χ2n) is 4.67. The van der Waals surface area contributed by atoms with Crippen molar-refractivity contribution in [2.24, 2.45) is 0 Å². The molecule has 1 fully saturated rings. The van der Waals surface area contributed by atoms with Crippen LogP contribution < -0.4 is 5.32 Å². The molecule has 1 atom stereocenters. The summed E-state index contributed by atoms with van der Waals surface area (Å²) in [4.78, 5) is 0.259. The van der Waals surface area contributed by atoms with E-state index in [1.165, 1.54) is 4.31 Å². The summed E-state index contributed by atoms with van der Waals surface area (Å²) in [5, 5.41) is 2.94. The Balaban J connectivity index is 2.24. The van der Waals surface area contributed by atoms with Gasteiger partial charge >= 0.3 is 0 Å². The van der Waals surface area contributed by atoms with Crippen LogP contribution >= 0.6 is 0 Å². The molecule has 6 nitrogen and oxygen atoms in total. The number of nitrogens with zero attached hydrogens (tertiary/aromatic N) is 1. The molecule has 0 bridgehead atoms. The molecule has 1 saturated heterocycles. The van der Waals surface area contributed by atoms with Crippen molar-refractivity contribution >= 4 is 10.0 Å². The molecule has 2 rings (SSSR count). The zero-order valence-electron chi connectivity index (χ0n) is 11.5. The van der Waals surface area contributed by atoms with Crippen LogP contribution in [0.1, 0.15) is 17.9 Å². The molecule has 0 aromatic carbocycles. The number of nitrogens with one attached hydrogen (secondary N) is 1. The first-order valence-electron chi connectivity index (χ1n) is 6.26. The van der Waals surface area contributed by atoms with Gasteiger partial charge in [0.15, 0.2) is 0 Å². The Bertz CT molecular complexity index is 538. The van der Waals surface area contributed by atoms with E-state index >= 15 is 0 Å². The molecule has 2 heterocycles. The van der Waals surface area contributed by atoms with Gasteiger partial charge in [-0.2, -0.15) is 4.31 Å². The number of rotatable bonds is 5. The number of aryl methyl sites for hydroxylation is 1. The Morgan fingerprint density at radius 3 is 2.89 bits per heavy atom. The maximum Gasteiger partial charge on any atom is 0.246 e. The van der Waals surface area contributed by atoms with E-state index in [4.69, 9.17) is 9.15 Å². The molecule has 1 aromatic heterocycles. The Kier molecular flexibility index (Phi) is 4.29. The molecule has 19 heavy (non-hydrogen) atoms. The molecule has 1 unspecified atom stereocenters. The fraction of sp³-hybridized carbons (Fsp3) is 0.667. The van der Waals surface area contributed by atoms with Gasteiger partial charge in [0, 0.05) is 26.3 Å². The number of sulfonamides is 1. The molecule has 0 saturated carbocycles. The van der Waals surface area contributed by atoms with Crippen molar-refractivity contribution in [1.29, 1.82) is 0 Å². The van der Waals surface area contributed by atoms with Gasteiger partial charge in [-0.1, -0.05) is 0 Å². The summed E-state index contributed by atoms with van der Waals surface area (Å²) in [6.45, 7) is 3.09. The first kappa shape index (κ1) is 14.5. The van der Waals surface area contributed by atoms with E-state index in [0.717, 1.165) is 6.42 Å². The molecule has 108 valence electrons. The van der Waals surface area contributed by atoms with Crippen LogP contribution in [0.4, 0.5) is 0 Å². The minimum atomic E-state index is -3.48. The predicted molar refractivity (Wildman–Crippen MR) is 70.4 cm³/mol. The molecule has 0 amide bonds. The quantitative estimate of drug-likeness (QED) is 0.864. The van der Waals surface area contributed by atoms with Crippen LogP contribution in [0.25, 0.3) is 0 Å². The monoisotopic (exact) mass is 288 g/mol. The second kappa shape index (κ2) is 5.62. The molecule has 0 aliphatic carbocycles. The van der Waals surface area contributed by atoms with Crippen molar-refractivity contribution in [2.45, 2.75) is 30.9 Å². The van der Waals surface area contributed by atoms with Crippen molar-refractivity contribution < 1.29 is 17.6 Å². The maximum absolute atomic E-state index is 12.5. The predicted octanol–water partition coefficient (Wildman–Crippen LogP) is 0.717. The van der Waals surface area contributed by atoms with Gasteiger partial charge in [0.1, 0.15) is 16.4 Å². The van der Waals surface area contributed by atoms with E-state index in [1.807, 2.05) is 0 Å². The normalized spacial score (nSPS) is 21.1. The van der Waals surface area contributed by atoms with Crippen LogP contribution in [0.3, 0.4) is 0 Å². The summed E-state index contributed by atoms with van der Waals surface area (Å²) >= 11 is 0. The number of hydrogen-bond acceptors (Lipinski definition) is 5. The Labute approximate surface area is 113 Å². The molecule has 1 aliphatic heterocycles. The second-order valence-corrected chi connectivity index (χ2v) is 6.58. The summed E-state index contributed by atoms with van der Waals surface area (Å²) in [7, 11) is -0.0846. The Hall–Kier alpha value is -0.890. The summed E-state index contributed by atoms with van der Waals surface area (Å²) in [6, 6.07) is 1.60. The third kappa shape index (κ3) is 2.84. The lowest BCUT2D eigenvalue weighted by molar-refractivity contribution is 0.115. The molecule has 7 heteroatoms. The van der Waals surface area contributed by atoms with Crippen molar-refractivity contribution in [3.8, 4) is 0 Å². The largest absolute Gasteiger partial charge is 0.464 e. The van der Waals surface area contributed by atoms with Crippen molar-refractivity contribution in [3.63, 3.8) is 0 Å². The SMILES string of the molecule is CNCc1cc(S(=O)(=O)N2CCC(OC)C2)c(C)o1. The highest BCUT2D eigenvalue weighted by Gasteiger charge is 2.34. The number of hydrogen-bond donors (Lipinski definition) is 1. The first-order valence-corrected chi connectivity index (χ1v) is 7.70. The summed E-state index contributed by atoms with van der Waals surface area (Å²) in [5.74, 6) is 1.06. The minimum Gasteiger partial charge on any atom is -0.464 e. The average molecular weight is 288 g/mol. The molecule has 1 N–H and O–H groups in total. The lowest BCUT2D eigenvalue weighted by Crippen LogP contribution is -2.30. The Morgan fingerprint density at radius 2 is 2.32 bits per heavy atom. The standard InChI is InChI=1S/C12H20N2O4S/c1-9-12(6-11(18-9)7-13-2)19(15,16)14-5-4-10(8-14)17-3/h6,10,13H,4-5,7-8H2,1-3H3. The summed E-state index contributed by atoms with van der Waals surface area (Å²) < 4.78 is 37.2. The molecular weight excluding hydrogens is 268 g/mol. The Morgan fingerprint density at radius 1 is 1.58 bits per heavy atom. The van der Waals surface area contributed by atoms with E-state index in [9.17, 15) is 8.42 Å². The molecular formula is C12H20N2O4S. The summed E-state index contributed by atoms with van der Waals surface area (Å²) in [5.41, 5.74) is 0. The highest BCUT2D eigenvalue weighted by atomic mass is 32.2. The van der Waals surface area contributed by atoms with E-state index < -0.39 is 10.0 Å². The molecule has 1 aliphatic rings. The van der Waals surface area contributed by atoms with Crippen LogP contribution in [0, 0.1) is 6.92 Å². The van der Waals surface area contributed by atoms with E-state index in [1.54, 1.807) is 27.1 Å². The van der Waals surface area contributed by atoms with Crippen molar-refractivity contribution in [3.05, 3.63) is 17.6 Å². The topological polar surface area (TPSA) is 71.8 Å². The third-order valence-electron chi connectivity index (χ3n) is 3.33. The van der Waals surface area contributed by atoms with Crippen molar-refractivity contribution in [1.82, 2.24) is 9.62 Å².